The first kappa shape index (κ1) is 13.5. The molecule has 1 aromatic rings. The molecule has 1 amide bonds. The fraction of sp³-hybridized carbons (Fsp3) is 0.462. The molecule has 0 aliphatic carbocycles. The predicted molar refractivity (Wildman–Crippen MR) is 65.5 cm³/mol. The van der Waals surface area contributed by atoms with Crippen LogP contribution in [0.15, 0.2) is 30.3 Å². The van der Waals surface area contributed by atoms with Gasteiger partial charge in [0.2, 0.25) is 0 Å². The molecule has 2 N–H and O–H groups in total. The van der Waals surface area contributed by atoms with Crippen molar-refractivity contribution in [3.8, 4) is 0 Å². The average Bonchev–Trinajstić information content (AvgIpc) is 2.35. The maximum Gasteiger partial charge on any atom is 0.407 e. The normalized spacial score (nSPS) is 11.9. The molecule has 0 saturated carbocycles. The minimum atomic E-state index is -0.417. The summed E-state index contributed by atoms with van der Waals surface area (Å²) in [6.45, 7) is 2.31. The third kappa shape index (κ3) is 5.92. The van der Waals surface area contributed by atoms with E-state index < -0.39 is 6.09 Å². The van der Waals surface area contributed by atoms with Crippen LogP contribution in [-0.4, -0.2) is 23.8 Å². The second-order valence-corrected chi connectivity index (χ2v) is 3.97. The lowest BCUT2D eigenvalue weighted by atomic mass is 10.2. The van der Waals surface area contributed by atoms with Crippen molar-refractivity contribution < 1.29 is 14.6 Å². The summed E-state index contributed by atoms with van der Waals surface area (Å²) in [5, 5.41) is 11.4. The van der Waals surface area contributed by atoms with Crippen LogP contribution in [0.25, 0.3) is 0 Å². The molecule has 0 spiro atoms. The van der Waals surface area contributed by atoms with Gasteiger partial charge in [-0.3, -0.25) is 0 Å². The highest BCUT2D eigenvalue weighted by Gasteiger charge is 2.07. The highest BCUT2D eigenvalue weighted by Crippen LogP contribution is 2.01. The summed E-state index contributed by atoms with van der Waals surface area (Å²) >= 11 is 0. The van der Waals surface area contributed by atoms with Gasteiger partial charge in [0.1, 0.15) is 6.61 Å². The molecule has 94 valence electrons. The molecule has 0 aromatic heterocycles. The molecule has 1 atom stereocenters. The summed E-state index contributed by atoms with van der Waals surface area (Å²) in [6, 6.07) is 9.55. The molecule has 0 unspecified atom stereocenters. The number of hydrogen-bond acceptors (Lipinski definition) is 3. The molecular weight excluding hydrogens is 218 g/mol. The Bertz CT molecular complexity index is 327. The topological polar surface area (TPSA) is 58.6 Å². The highest BCUT2D eigenvalue weighted by molar-refractivity contribution is 5.67. The monoisotopic (exact) mass is 237 g/mol. The lowest BCUT2D eigenvalue weighted by Gasteiger charge is -2.13. The van der Waals surface area contributed by atoms with E-state index in [1.807, 2.05) is 37.3 Å². The van der Waals surface area contributed by atoms with Crippen LogP contribution in [0.1, 0.15) is 25.3 Å². The van der Waals surface area contributed by atoms with Gasteiger partial charge in [0.05, 0.1) is 0 Å². The van der Waals surface area contributed by atoms with E-state index in [2.05, 4.69) is 5.32 Å². The molecule has 4 nitrogen and oxygen atoms in total. The quantitative estimate of drug-likeness (QED) is 0.796. The molecule has 0 heterocycles. The van der Waals surface area contributed by atoms with Crippen molar-refractivity contribution in [3.63, 3.8) is 0 Å². The number of aliphatic hydroxyl groups is 1. The van der Waals surface area contributed by atoms with Gasteiger partial charge in [-0.15, -0.1) is 0 Å². The molecule has 0 saturated heterocycles. The molecule has 0 radical (unpaired) electrons. The van der Waals surface area contributed by atoms with Crippen LogP contribution in [0.2, 0.25) is 0 Å². The van der Waals surface area contributed by atoms with Crippen LogP contribution in [0.4, 0.5) is 4.79 Å². The average molecular weight is 237 g/mol. The molecule has 17 heavy (non-hydrogen) atoms. The van der Waals surface area contributed by atoms with Crippen LogP contribution in [-0.2, 0) is 11.3 Å². The predicted octanol–water partition coefficient (Wildman–Crippen LogP) is 2.07. The van der Waals surface area contributed by atoms with E-state index in [1.165, 1.54) is 0 Å². The van der Waals surface area contributed by atoms with Gasteiger partial charge in [-0.2, -0.15) is 0 Å². The van der Waals surface area contributed by atoms with Crippen molar-refractivity contribution in [1.29, 1.82) is 0 Å². The molecule has 1 rings (SSSR count). The Balaban J connectivity index is 2.21. The summed E-state index contributed by atoms with van der Waals surface area (Å²) < 4.78 is 5.07. The second-order valence-electron chi connectivity index (χ2n) is 3.97. The molecule has 0 fully saturated rings. The van der Waals surface area contributed by atoms with Gasteiger partial charge in [-0.05, 0) is 25.3 Å². The zero-order valence-corrected chi connectivity index (χ0v) is 10.1. The van der Waals surface area contributed by atoms with Gasteiger partial charge in [-0.25, -0.2) is 4.79 Å². The number of nitrogens with one attached hydrogen (secondary N) is 1. The number of hydrogen-bond donors (Lipinski definition) is 2. The Morgan fingerprint density at radius 1 is 1.41 bits per heavy atom. The minimum absolute atomic E-state index is 0.0189. The van der Waals surface area contributed by atoms with Crippen molar-refractivity contribution >= 4 is 6.09 Å². The first-order valence-electron chi connectivity index (χ1n) is 5.80. The van der Waals surface area contributed by atoms with E-state index in [1.54, 1.807) is 0 Å². The Morgan fingerprint density at radius 3 is 2.76 bits per heavy atom. The highest BCUT2D eigenvalue weighted by atomic mass is 16.5. The summed E-state index contributed by atoms with van der Waals surface area (Å²) in [5.74, 6) is 0. The van der Waals surface area contributed by atoms with Gasteiger partial charge >= 0.3 is 6.09 Å². The van der Waals surface area contributed by atoms with E-state index in [9.17, 15) is 4.79 Å². The standard InChI is InChI=1S/C13H19NO3/c1-11(6-5-9-15)14-13(16)17-10-12-7-3-2-4-8-12/h2-4,7-8,11,15H,5-6,9-10H2,1H3,(H,14,16)/t11-/m1/s1. The van der Waals surface area contributed by atoms with Crippen molar-refractivity contribution in [2.75, 3.05) is 6.61 Å². The zero-order valence-electron chi connectivity index (χ0n) is 10.1. The third-order valence-corrected chi connectivity index (χ3v) is 2.37. The van der Waals surface area contributed by atoms with Crippen LogP contribution < -0.4 is 5.32 Å². The smallest absolute Gasteiger partial charge is 0.407 e. The molecule has 4 heteroatoms. The SMILES string of the molecule is C[C@H](CCCO)NC(=O)OCc1ccccc1. The largest absolute Gasteiger partial charge is 0.445 e. The maximum absolute atomic E-state index is 11.4. The number of amides is 1. The summed E-state index contributed by atoms with van der Waals surface area (Å²) in [5.41, 5.74) is 0.964. The van der Waals surface area contributed by atoms with E-state index in [0.29, 0.717) is 6.42 Å². The molecule has 1 aromatic carbocycles. The van der Waals surface area contributed by atoms with Gasteiger partial charge in [-0.1, -0.05) is 30.3 Å². The number of rotatable bonds is 6. The Kier molecular flexibility index (Phi) is 6.10. The van der Waals surface area contributed by atoms with Crippen molar-refractivity contribution in [3.05, 3.63) is 35.9 Å². The van der Waals surface area contributed by atoms with Gasteiger partial charge in [0, 0.05) is 12.6 Å². The van der Waals surface area contributed by atoms with Gasteiger partial charge in [0.15, 0.2) is 0 Å². The Morgan fingerprint density at radius 2 is 2.12 bits per heavy atom. The summed E-state index contributed by atoms with van der Waals surface area (Å²) in [7, 11) is 0. The van der Waals surface area contributed by atoms with E-state index >= 15 is 0 Å². The van der Waals surface area contributed by atoms with E-state index in [0.717, 1.165) is 12.0 Å². The zero-order chi connectivity index (χ0) is 12.5. The van der Waals surface area contributed by atoms with Crippen LogP contribution in [0.3, 0.4) is 0 Å². The number of aliphatic hydroxyl groups excluding tert-OH is 1. The molecular formula is C13H19NO3. The maximum atomic E-state index is 11.4. The van der Waals surface area contributed by atoms with Crippen LogP contribution in [0, 0.1) is 0 Å². The van der Waals surface area contributed by atoms with Crippen molar-refractivity contribution in [1.82, 2.24) is 5.32 Å². The first-order chi connectivity index (χ1) is 8.22. The number of carbonyl (C=O) groups is 1. The lowest BCUT2D eigenvalue weighted by molar-refractivity contribution is 0.135. The molecule has 0 aliphatic heterocycles. The van der Waals surface area contributed by atoms with E-state index in [4.69, 9.17) is 9.84 Å². The van der Waals surface area contributed by atoms with Crippen LogP contribution in [0.5, 0.6) is 0 Å². The Labute approximate surface area is 102 Å². The lowest BCUT2D eigenvalue weighted by Crippen LogP contribution is -2.33. The minimum Gasteiger partial charge on any atom is -0.445 e. The van der Waals surface area contributed by atoms with Gasteiger partial charge < -0.3 is 15.2 Å². The fourth-order valence-corrected chi connectivity index (χ4v) is 1.44. The fourth-order valence-electron chi connectivity index (χ4n) is 1.44. The molecule has 0 aliphatic rings. The Hall–Kier alpha value is -1.55. The third-order valence-electron chi connectivity index (χ3n) is 2.37. The first-order valence-corrected chi connectivity index (χ1v) is 5.80. The van der Waals surface area contributed by atoms with E-state index in [-0.39, 0.29) is 19.3 Å². The van der Waals surface area contributed by atoms with Crippen molar-refractivity contribution in [2.24, 2.45) is 0 Å². The number of alkyl carbamates (subject to hydrolysis) is 1. The number of carbonyl (C=O) groups excluding carboxylic acids is 1. The second kappa shape index (κ2) is 7.68. The number of benzene rings is 1. The van der Waals surface area contributed by atoms with Crippen molar-refractivity contribution in [2.45, 2.75) is 32.4 Å². The van der Waals surface area contributed by atoms with Gasteiger partial charge in [0.25, 0.3) is 0 Å². The summed E-state index contributed by atoms with van der Waals surface area (Å²) in [6.07, 6.45) is 1.01. The van der Waals surface area contributed by atoms with Crippen LogP contribution >= 0.6 is 0 Å². The molecule has 0 bridgehead atoms. The summed E-state index contributed by atoms with van der Waals surface area (Å²) in [4.78, 5) is 11.4. The number of ether oxygens (including phenoxy) is 1.